The highest BCUT2D eigenvalue weighted by molar-refractivity contribution is 7.89. The van der Waals surface area contributed by atoms with Crippen LogP contribution in [0.1, 0.15) is 39.5 Å². The van der Waals surface area contributed by atoms with Crippen LogP contribution < -0.4 is 5.32 Å². The third-order valence-corrected chi connectivity index (χ3v) is 6.48. The Kier molecular flexibility index (Phi) is 7.98. The summed E-state index contributed by atoms with van der Waals surface area (Å²) in [4.78, 5) is 12.0. The Morgan fingerprint density at radius 1 is 1.38 bits per heavy atom. The predicted molar refractivity (Wildman–Crippen MR) is 85.9 cm³/mol. The minimum atomic E-state index is -3.25. The number of piperidine rings is 1. The van der Waals surface area contributed by atoms with E-state index in [0.29, 0.717) is 38.4 Å². The van der Waals surface area contributed by atoms with Crippen LogP contribution in [0.2, 0.25) is 0 Å². The van der Waals surface area contributed by atoms with Crippen molar-refractivity contribution >= 4 is 27.5 Å². The number of nitrogens with one attached hydrogen (secondary N) is 1. The molecule has 0 bridgehead atoms. The van der Waals surface area contributed by atoms with Crippen molar-refractivity contribution in [3.63, 3.8) is 0 Å². The van der Waals surface area contributed by atoms with E-state index in [1.165, 1.54) is 4.31 Å². The zero-order valence-electron chi connectivity index (χ0n) is 13.0. The quantitative estimate of drug-likeness (QED) is 0.542. The maximum atomic E-state index is 12.2. The minimum absolute atomic E-state index is 0.0493. The SMILES string of the molecule is CCCCNC(=O)C1CCN(S(=O)(=O)CC(C)CCl)CC1. The van der Waals surface area contributed by atoms with Crippen molar-refractivity contribution in [1.29, 1.82) is 0 Å². The van der Waals surface area contributed by atoms with E-state index in [-0.39, 0.29) is 23.5 Å². The van der Waals surface area contributed by atoms with Crippen molar-refractivity contribution < 1.29 is 13.2 Å². The first-order chi connectivity index (χ1) is 9.90. The van der Waals surface area contributed by atoms with Gasteiger partial charge in [-0.05, 0) is 25.2 Å². The molecular formula is C14H27ClN2O3S. The lowest BCUT2D eigenvalue weighted by atomic mass is 9.97. The van der Waals surface area contributed by atoms with Gasteiger partial charge in [0.1, 0.15) is 0 Å². The first-order valence-electron chi connectivity index (χ1n) is 7.72. The molecule has 1 amide bonds. The Balaban J connectivity index is 2.42. The number of carbonyl (C=O) groups is 1. The first-order valence-corrected chi connectivity index (χ1v) is 9.86. The number of sulfonamides is 1. The predicted octanol–water partition coefficient (Wildman–Crippen LogP) is 1.82. The summed E-state index contributed by atoms with van der Waals surface area (Å²) in [5.74, 6) is 0.388. The monoisotopic (exact) mass is 338 g/mol. The van der Waals surface area contributed by atoms with Crippen molar-refractivity contribution in [3.8, 4) is 0 Å². The molecule has 1 atom stereocenters. The van der Waals surface area contributed by atoms with E-state index < -0.39 is 10.0 Å². The van der Waals surface area contributed by atoms with Crippen molar-refractivity contribution in [2.75, 3.05) is 31.3 Å². The molecular weight excluding hydrogens is 312 g/mol. The lowest BCUT2D eigenvalue weighted by molar-refractivity contribution is -0.126. The summed E-state index contributed by atoms with van der Waals surface area (Å²) in [6, 6.07) is 0. The highest BCUT2D eigenvalue weighted by Gasteiger charge is 2.31. The van der Waals surface area contributed by atoms with E-state index >= 15 is 0 Å². The largest absolute Gasteiger partial charge is 0.356 e. The van der Waals surface area contributed by atoms with Crippen LogP contribution in [0.5, 0.6) is 0 Å². The molecule has 0 spiro atoms. The summed E-state index contributed by atoms with van der Waals surface area (Å²) in [7, 11) is -3.25. The third kappa shape index (κ3) is 6.12. The van der Waals surface area contributed by atoms with E-state index in [4.69, 9.17) is 11.6 Å². The van der Waals surface area contributed by atoms with Gasteiger partial charge in [0.05, 0.1) is 5.75 Å². The molecule has 0 aliphatic carbocycles. The number of unbranched alkanes of at least 4 members (excludes halogenated alkanes) is 1. The number of hydrogen-bond donors (Lipinski definition) is 1. The zero-order valence-corrected chi connectivity index (χ0v) is 14.5. The normalized spacial score (nSPS) is 19.4. The molecule has 1 aliphatic heterocycles. The molecule has 1 heterocycles. The molecule has 0 aromatic carbocycles. The lowest BCUT2D eigenvalue weighted by Crippen LogP contribution is -2.44. The molecule has 1 aliphatic rings. The molecule has 1 unspecified atom stereocenters. The van der Waals surface area contributed by atoms with Gasteiger partial charge in [-0.3, -0.25) is 4.79 Å². The minimum Gasteiger partial charge on any atom is -0.356 e. The van der Waals surface area contributed by atoms with Gasteiger partial charge in [0.25, 0.3) is 0 Å². The van der Waals surface area contributed by atoms with Crippen molar-refractivity contribution in [3.05, 3.63) is 0 Å². The number of rotatable bonds is 8. The van der Waals surface area contributed by atoms with E-state index in [2.05, 4.69) is 12.2 Å². The average molecular weight is 339 g/mol. The Labute approximate surface area is 133 Å². The van der Waals surface area contributed by atoms with Crippen LogP contribution >= 0.6 is 11.6 Å². The number of hydrogen-bond acceptors (Lipinski definition) is 3. The molecule has 0 aromatic heterocycles. The summed E-state index contributed by atoms with van der Waals surface area (Å²) in [5.41, 5.74) is 0. The Morgan fingerprint density at radius 3 is 2.52 bits per heavy atom. The molecule has 7 heteroatoms. The van der Waals surface area contributed by atoms with Crippen LogP contribution in [0.25, 0.3) is 0 Å². The van der Waals surface area contributed by atoms with E-state index in [9.17, 15) is 13.2 Å². The van der Waals surface area contributed by atoms with E-state index in [0.717, 1.165) is 12.8 Å². The summed E-state index contributed by atoms with van der Waals surface area (Å²) >= 11 is 5.69. The Hall–Kier alpha value is -0.330. The molecule has 21 heavy (non-hydrogen) atoms. The van der Waals surface area contributed by atoms with Gasteiger partial charge in [0.2, 0.25) is 15.9 Å². The van der Waals surface area contributed by atoms with Crippen LogP contribution in [-0.4, -0.2) is 49.9 Å². The van der Waals surface area contributed by atoms with E-state index in [1.807, 2.05) is 6.92 Å². The molecule has 1 fully saturated rings. The molecule has 1 N–H and O–H groups in total. The Bertz CT molecular complexity index is 420. The van der Waals surface area contributed by atoms with Gasteiger partial charge in [0.15, 0.2) is 0 Å². The first kappa shape index (κ1) is 18.7. The van der Waals surface area contributed by atoms with Gasteiger partial charge >= 0.3 is 0 Å². The molecule has 0 aromatic rings. The number of halogens is 1. The van der Waals surface area contributed by atoms with Crippen LogP contribution in [0.15, 0.2) is 0 Å². The van der Waals surface area contributed by atoms with Crippen LogP contribution in [0.3, 0.4) is 0 Å². The second-order valence-electron chi connectivity index (χ2n) is 5.86. The van der Waals surface area contributed by atoms with Crippen molar-refractivity contribution in [2.24, 2.45) is 11.8 Å². The van der Waals surface area contributed by atoms with Gasteiger partial charge in [-0.1, -0.05) is 20.3 Å². The van der Waals surface area contributed by atoms with Gasteiger partial charge < -0.3 is 5.32 Å². The van der Waals surface area contributed by atoms with Gasteiger partial charge in [-0.2, -0.15) is 0 Å². The zero-order chi connectivity index (χ0) is 15.9. The summed E-state index contributed by atoms with van der Waals surface area (Å²) < 4.78 is 25.9. The fraction of sp³-hybridized carbons (Fsp3) is 0.929. The van der Waals surface area contributed by atoms with Crippen molar-refractivity contribution in [2.45, 2.75) is 39.5 Å². The topological polar surface area (TPSA) is 66.5 Å². The van der Waals surface area contributed by atoms with Crippen LogP contribution in [-0.2, 0) is 14.8 Å². The average Bonchev–Trinajstić information content (AvgIpc) is 2.47. The highest BCUT2D eigenvalue weighted by Crippen LogP contribution is 2.21. The second kappa shape index (κ2) is 8.96. The molecule has 124 valence electrons. The maximum Gasteiger partial charge on any atom is 0.223 e. The van der Waals surface area contributed by atoms with Gasteiger partial charge in [0, 0.05) is 31.4 Å². The maximum absolute atomic E-state index is 12.2. The molecule has 1 saturated heterocycles. The fourth-order valence-electron chi connectivity index (χ4n) is 2.44. The lowest BCUT2D eigenvalue weighted by Gasteiger charge is -2.31. The summed E-state index contributed by atoms with van der Waals surface area (Å²) in [5, 5.41) is 2.92. The fourth-order valence-corrected chi connectivity index (χ4v) is 4.49. The van der Waals surface area contributed by atoms with Gasteiger partial charge in [-0.15, -0.1) is 11.6 Å². The standard InChI is InChI=1S/C14H27ClN2O3S/c1-3-4-7-16-14(18)13-5-8-17(9-6-13)21(19,20)11-12(2)10-15/h12-13H,3-11H2,1-2H3,(H,16,18). The highest BCUT2D eigenvalue weighted by atomic mass is 35.5. The molecule has 0 radical (unpaired) electrons. The van der Waals surface area contributed by atoms with Crippen LogP contribution in [0, 0.1) is 11.8 Å². The van der Waals surface area contributed by atoms with Gasteiger partial charge in [-0.25, -0.2) is 12.7 Å². The second-order valence-corrected chi connectivity index (χ2v) is 8.18. The van der Waals surface area contributed by atoms with Crippen molar-refractivity contribution in [1.82, 2.24) is 9.62 Å². The summed E-state index contributed by atoms with van der Waals surface area (Å²) in [6.07, 6.45) is 3.24. The number of carbonyl (C=O) groups excluding carboxylic acids is 1. The molecule has 5 nitrogen and oxygen atoms in total. The summed E-state index contributed by atoms with van der Waals surface area (Å²) in [6.45, 7) is 5.49. The third-order valence-electron chi connectivity index (χ3n) is 3.81. The smallest absolute Gasteiger partial charge is 0.223 e. The molecule has 1 rings (SSSR count). The Morgan fingerprint density at radius 2 is 2.00 bits per heavy atom. The number of amides is 1. The van der Waals surface area contributed by atoms with E-state index in [1.54, 1.807) is 0 Å². The molecule has 0 saturated carbocycles. The number of nitrogens with zero attached hydrogens (tertiary/aromatic N) is 1. The number of alkyl halides is 1. The van der Waals surface area contributed by atoms with Crippen LogP contribution in [0.4, 0.5) is 0 Å².